The maximum absolute atomic E-state index is 11.7. The summed E-state index contributed by atoms with van der Waals surface area (Å²) < 4.78 is 5.35. The van der Waals surface area contributed by atoms with E-state index in [0.717, 1.165) is 43.4 Å². The Hall–Kier alpha value is -1.89. The van der Waals surface area contributed by atoms with Crippen LogP contribution in [-0.2, 0) is 4.79 Å². The van der Waals surface area contributed by atoms with Crippen molar-refractivity contribution in [2.75, 3.05) is 26.7 Å². The summed E-state index contributed by atoms with van der Waals surface area (Å²) in [6, 6.07) is 5.53. The van der Waals surface area contributed by atoms with Crippen molar-refractivity contribution in [1.29, 1.82) is 0 Å². The molecule has 2 N–H and O–H groups in total. The fraction of sp³-hybridized carbons (Fsp3) is 0.630. The van der Waals surface area contributed by atoms with Gasteiger partial charge in [0.25, 0.3) is 0 Å². The lowest BCUT2D eigenvalue weighted by Crippen LogP contribution is -2.41. The number of halogens is 1. The predicted molar refractivity (Wildman–Crippen MR) is 137 cm³/mol. The van der Waals surface area contributed by atoms with Crippen molar-refractivity contribution in [2.45, 2.75) is 77.2 Å². The Morgan fingerprint density at radius 3 is 2.65 bits per heavy atom. The molecule has 7 heteroatoms. The quantitative estimate of drug-likeness (QED) is 0.323. The van der Waals surface area contributed by atoms with Gasteiger partial charge in [-0.2, -0.15) is 0 Å². The van der Waals surface area contributed by atoms with Crippen LogP contribution in [0.1, 0.15) is 82.8 Å². The van der Waals surface area contributed by atoms with Crippen LogP contribution in [0.5, 0.6) is 5.75 Å². The lowest BCUT2D eigenvalue weighted by atomic mass is 9.71. The van der Waals surface area contributed by atoms with Crippen LogP contribution < -0.4 is 4.74 Å². The zero-order valence-corrected chi connectivity index (χ0v) is 21.3. The number of hydrogen-bond acceptors (Lipinski definition) is 5. The first-order chi connectivity index (χ1) is 16.4. The normalized spacial score (nSPS) is 17.1. The zero-order valence-electron chi connectivity index (χ0n) is 20.6. The number of methoxy groups -OCH3 is 1. The molecular weight excluding hydrogens is 452 g/mol. The van der Waals surface area contributed by atoms with Crippen LogP contribution in [0.4, 0.5) is 0 Å². The largest absolute Gasteiger partial charge is 0.497 e. The predicted octanol–water partition coefficient (Wildman–Crippen LogP) is 6.24. The highest BCUT2D eigenvalue weighted by atomic mass is 35.5. The van der Waals surface area contributed by atoms with Gasteiger partial charge in [0.15, 0.2) is 0 Å². The second-order valence-corrected chi connectivity index (χ2v) is 10.2. The number of aliphatic hydroxyl groups excluding tert-OH is 1. The van der Waals surface area contributed by atoms with E-state index in [1.807, 2.05) is 18.2 Å². The molecule has 188 valence electrons. The van der Waals surface area contributed by atoms with E-state index in [-0.39, 0.29) is 11.8 Å². The van der Waals surface area contributed by atoms with E-state index in [4.69, 9.17) is 16.3 Å². The molecule has 0 spiro atoms. The van der Waals surface area contributed by atoms with Crippen molar-refractivity contribution in [3.05, 3.63) is 35.0 Å². The molecule has 3 rings (SSSR count). The third kappa shape index (κ3) is 7.06. The lowest BCUT2D eigenvalue weighted by Gasteiger charge is -2.41. The molecule has 0 aliphatic carbocycles. The topological polar surface area (TPSA) is 82.9 Å². The first kappa shape index (κ1) is 26.7. The number of aliphatic hydroxyl groups is 1. The minimum atomic E-state index is -0.799. The summed E-state index contributed by atoms with van der Waals surface area (Å²) in [4.78, 5) is 18.6. The van der Waals surface area contributed by atoms with Crippen molar-refractivity contribution < 1.29 is 19.7 Å². The van der Waals surface area contributed by atoms with Gasteiger partial charge in [0.2, 0.25) is 0 Å². The third-order valence-electron chi connectivity index (χ3n) is 7.37. The van der Waals surface area contributed by atoms with E-state index in [2.05, 4.69) is 16.8 Å². The van der Waals surface area contributed by atoms with Crippen molar-refractivity contribution in [3.63, 3.8) is 0 Å². The molecule has 1 aromatic heterocycles. The van der Waals surface area contributed by atoms with Crippen LogP contribution in [0.2, 0.25) is 5.02 Å². The maximum Gasteiger partial charge on any atom is 0.303 e. The van der Waals surface area contributed by atoms with Gasteiger partial charge in [-0.25, -0.2) is 0 Å². The van der Waals surface area contributed by atoms with Crippen LogP contribution in [0.25, 0.3) is 10.9 Å². The number of benzene rings is 1. The number of pyridine rings is 1. The van der Waals surface area contributed by atoms with E-state index in [1.54, 1.807) is 13.3 Å². The monoisotopic (exact) mass is 490 g/mol. The Labute approximate surface area is 208 Å². The van der Waals surface area contributed by atoms with Crippen molar-refractivity contribution in [3.8, 4) is 5.75 Å². The average molecular weight is 491 g/mol. The molecule has 0 radical (unpaired) electrons. The Balaban J connectivity index is 1.66. The Bertz CT molecular complexity index is 944. The molecule has 1 aliphatic rings. The van der Waals surface area contributed by atoms with E-state index in [0.29, 0.717) is 29.2 Å². The minimum absolute atomic E-state index is 0.142. The summed E-state index contributed by atoms with van der Waals surface area (Å²) in [5.41, 5.74) is 1.09. The van der Waals surface area contributed by atoms with E-state index in [9.17, 15) is 15.0 Å². The number of carbonyl (C=O) groups is 1. The SMILES string of the molecule is CCCCCCCN1CCC(CC[C@@H](O)c2c(Cl)cnc3ccc(OC)cc23)(CC(=O)O)CC1. The zero-order chi connectivity index (χ0) is 24.6. The fourth-order valence-electron chi connectivity index (χ4n) is 5.25. The summed E-state index contributed by atoms with van der Waals surface area (Å²) in [6.07, 6.45) is 10.0. The molecule has 0 amide bonds. The number of fused-ring (bicyclic) bond motifs is 1. The first-order valence-electron chi connectivity index (χ1n) is 12.6. The van der Waals surface area contributed by atoms with Gasteiger partial charge >= 0.3 is 5.97 Å². The highest BCUT2D eigenvalue weighted by molar-refractivity contribution is 6.32. The number of aromatic nitrogens is 1. The van der Waals surface area contributed by atoms with Gasteiger partial charge < -0.3 is 19.8 Å². The van der Waals surface area contributed by atoms with Gasteiger partial charge in [-0.05, 0) is 75.4 Å². The number of carboxylic acids is 1. The average Bonchev–Trinajstić information content (AvgIpc) is 2.83. The molecule has 6 nitrogen and oxygen atoms in total. The molecule has 1 saturated heterocycles. The summed E-state index contributed by atoms with van der Waals surface area (Å²) in [6.45, 7) is 5.17. The Morgan fingerprint density at radius 2 is 1.97 bits per heavy atom. The van der Waals surface area contributed by atoms with Crippen molar-refractivity contribution in [1.82, 2.24) is 9.88 Å². The van der Waals surface area contributed by atoms with Crippen LogP contribution in [0, 0.1) is 5.41 Å². The Morgan fingerprint density at radius 1 is 1.24 bits per heavy atom. The minimum Gasteiger partial charge on any atom is -0.497 e. The highest BCUT2D eigenvalue weighted by Crippen LogP contribution is 2.43. The number of aliphatic carboxylic acids is 1. The summed E-state index contributed by atoms with van der Waals surface area (Å²) >= 11 is 6.47. The first-order valence-corrected chi connectivity index (χ1v) is 13.0. The molecule has 1 atom stereocenters. The van der Waals surface area contributed by atoms with Gasteiger partial charge in [-0.1, -0.05) is 44.2 Å². The highest BCUT2D eigenvalue weighted by Gasteiger charge is 2.37. The number of nitrogens with zero attached hydrogens (tertiary/aromatic N) is 2. The molecule has 0 saturated carbocycles. The van der Waals surface area contributed by atoms with Gasteiger partial charge in [-0.3, -0.25) is 9.78 Å². The number of rotatable bonds is 13. The number of unbranched alkanes of at least 4 members (excludes halogenated alkanes) is 4. The van der Waals surface area contributed by atoms with E-state index < -0.39 is 12.1 Å². The van der Waals surface area contributed by atoms with Crippen LogP contribution in [0.3, 0.4) is 0 Å². The molecule has 1 aliphatic heterocycles. The molecule has 2 heterocycles. The maximum atomic E-state index is 11.7. The Kier molecular flexibility index (Phi) is 9.98. The van der Waals surface area contributed by atoms with Crippen molar-refractivity contribution in [2.24, 2.45) is 5.41 Å². The summed E-state index contributed by atoms with van der Waals surface area (Å²) in [5, 5.41) is 22.0. The molecule has 1 aromatic carbocycles. The lowest BCUT2D eigenvalue weighted by molar-refractivity contribution is -0.141. The summed E-state index contributed by atoms with van der Waals surface area (Å²) in [7, 11) is 1.60. The molecule has 0 bridgehead atoms. The van der Waals surface area contributed by atoms with Crippen molar-refractivity contribution >= 4 is 28.5 Å². The third-order valence-corrected chi connectivity index (χ3v) is 7.67. The van der Waals surface area contributed by atoms with E-state index in [1.165, 1.54) is 32.1 Å². The standard InChI is InChI=1S/C27H39ClN2O4/c1-3-4-5-6-7-14-30-15-12-27(13-16-30,18-25(32)33)11-10-24(31)26-21-17-20(34-2)8-9-23(21)29-19-22(26)28/h8-9,17,19,24,31H,3-7,10-16,18H2,1-2H3,(H,32,33)/t24-/m1/s1. The molecule has 0 unspecified atom stereocenters. The molecule has 34 heavy (non-hydrogen) atoms. The van der Waals surface area contributed by atoms with Gasteiger partial charge in [-0.15, -0.1) is 0 Å². The molecule has 1 fully saturated rings. The molecule has 2 aromatic rings. The molecular formula is C27H39ClN2O4. The fourth-order valence-corrected chi connectivity index (χ4v) is 5.52. The number of ether oxygens (including phenoxy) is 1. The van der Waals surface area contributed by atoms with Crippen LogP contribution >= 0.6 is 11.6 Å². The summed E-state index contributed by atoms with van der Waals surface area (Å²) in [5.74, 6) is -0.0888. The smallest absolute Gasteiger partial charge is 0.303 e. The van der Waals surface area contributed by atoms with Gasteiger partial charge in [0.1, 0.15) is 5.75 Å². The number of piperidine rings is 1. The number of hydrogen-bond donors (Lipinski definition) is 2. The number of likely N-dealkylation sites (tertiary alicyclic amines) is 1. The van der Waals surface area contributed by atoms with Gasteiger partial charge in [0.05, 0.1) is 30.2 Å². The van der Waals surface area contributed by atoms with Crippen LogP contribution in [0.15, 0.2) is 24.4 Å². The van der Waals surface area contributed by atoms with Gasteiger partial charge in [0, 0.05) is 17.1 Å². The second kappa shape index (κ2) is 12.7. The van der Waals surface area contributed by atoms with E-state index >= 15 is 0 Å². The second-order valence-electron chi connectivity index (χ2n) is 9.78. The van der Waals surface area contributed by atoms with Crippen LogP contribution in [-0.4, -0.2) is 52.8 Å². The number of carboxylic acid groups (broad SMARTS) is 1.